The van der Waals surface area contributed by atoms with E-state index in [4.69, 9.17) is 0 Å². The Labute approximate surface area is 133 Å². The van der Waals surface area contributed by atoms with Gasteiger partial charge in [-0.3, -0.25) is 4.79 Å². The van der Waals surface area contributed by atoms with Crippen LogP contribution in [0.2, 0.25) is 0 Å². The Hall–Kier alpha value is -1.94. The van der Waals surface area contributed by atoms with Gasteiger partial charge in [0.25, 0.3) is 0 Å². The SMILES string of the molecule is C/C(=N/NC(=O)Cc1ccc(Br)cc1)c1ccc(C)cc1. The minimum absolute atomic E-state index is 0.121. The first-order chi connectivity index (χ1) is 10.0. The van der Waals surface area contributed by atoms with Crippen LogP contribution in [0.4, 0.5) is 0 Å². The number of rotatable bonds is 4. The third-order valence-corrected chi connectivity index (χ3v) is 3.62. The summed E-state index contributed by atoms with van der Waals surface area (Å²) in [6.45, 7) is 3.92. The average Bonchev–Trinajstić information content (AvgIpc) is 2.48. The zero-order valence-corrected chi connectivity index (χ0v) is 13.6. The molecule has 2 aromatic rings. The minimum atomic E-state index is -0.121. The van der Waals surface area contributed by atoms with Crippen molar-refractivity contribution in [2.75, 3.05) is 0 Å². The Balaban J connectivity index is 1.94. The summed E-state index contributed by atoms with van der Waals surface area (Å²) in [5, 5.41) is 4.15. The molecule has 0 spiro atoms. The van der Waals surface area contributed by atoms with Crippen LogP contribution in [0.15, 0.2) is 58.1 Å². The van der Waals surface area contributed by atoms with Gasteiger partial charge in [-0.05, 0) is 37.1 Å². The van der Waals surface area contributed by atoms with Crippen LogP contribution in [0.1, 0.15) is 23.6 Å². The van der Waals surface area contributed by atoms with Crippen molar-refractivity contribution in [1.29, 1.82) is 0 Å². The first-order valence-electron chi connectivity index (χ1n) is 6.69. The number of hydrogen-bond acceptors (Lipinski definition) is 2. The van der Waals surface area contributed by atoms with Crippen molar-refractivity contribution in [3.05, 3.63) is 69.7 Å². The number of nitrogens with one attached hydrogen (secondary N) is 1. The summed E-state index contributed by atoms with van der Waals surface area (Å²) >= 11 is 3.37. The minimum Gasteiger partial charge on any atom is -0.273 e. The molecule has 0 heterocycles. The van der Waals surface area contributed by atoms with E-state index in [1.165, 1.54) is 5.56 Å². The molecule has 108 valence electrons. The van der Waals surface area contributed by atoms with Crippen molar-refractivity contribution >= 4 is 27.5 Å². The quantitative estimate of drug-likeness (QED) is 0.664. The molecule has 4 heteroatoms. The summed E-state index contributed by atoms with van der Waals surface area (Å²) in [5.41, 5.74) is 6.55. The van der Waals surface area contributed by atoms with Crippen LogP contribution in [-0.4, -0.2) is 11.6 Å². The Kier molecular flexibility index (Phi) is 5.28. The Morgan fingerprint density at radius 3 is 2.33 bits per heavy atom. The van der Waals surface area contributed by atoms with Crippen molar-refractivity contribution in [1.82, 2.24) is 5.43 Å². The Morgan fingerprint density at radius 1 is 1.10 bits per heavy atom. The second kappa shape index (κ2) is 7.18. The highest BCUT2D eigenvalue weighted by atomic mass is 79.9. The third kappa shape index (κ3) is 4.83. The van der Waals surface area contributed by atoms with Crippen LogP contribution in [0, 0.1) is 6.92 Å². The zero-order chi connectivity index (χ0) is 15.2. The first kappa shape index (κ1) is 15.4. The molecule has 2 rings (SSSR count). The fourth-order valence-electron chi connectivity index (χ4n) is 1.83. The molecule has 0 saturated carbocycles. The number of carbonyl (C=O) groups is 1. The van der Waals surface area contributed by atoms with Crippen molar-refractivity contribution in [3.63, 3.8) is 0 Å². The second-order valence-electron chi connectivity index (χ2n) is 4.90. The molecule has 0 fully saturated rings. The predicted molar refractivity (Wildman–Crippen MR) is 89.4 cm³/mol. The molecular formula is C17H17BrN2O. The maximum Gasteiger partial charge on any atom is 0.244 e. The van der Waals surface area contributed by atoms with Crippen molar-refractivity contribution in [2.24, 2.45) is 5.10 Å². The Bertz CT molecular complexity index is 645. The molecule has 0 aromatic heterocycles. The van der Waals surface area contributed by atoms with Gasteiger partial charge in [-0.15, -0.1) is 0 Å². The van der Waals surface area contributed by atoms with Crippen molar-refractivity contribution in [2.45, 2.75) is 20.3 Å². The van der Waals surface area contributed by atoms with Crippen LogP contribution in [0.25, 0.3) is 0 Å². The summed E-state index contributed by atoms with van der Waals surface area (Å²) < 4.78 is 1.000. The highest BCUT2D eigenvalue weighted by Gasteiger charge is 2.03. The van der Waals surface area contributed by atoms with E-state index >= 15 is 0 Å². The van der Waals surface area contributed by atoms with E-state index in [9.17, 15) is 4.79 Å². The van der Waals surface area contributed by atoms with E-state index in [-0.39, 0.29) is 5.91 Å². The highest BCUT2D eigenvalue weighted by molar-refractivity contribution is 9.10. The van der Waals surface area contributed by atoms with Crippen LogP contribution in [-0.2, 0) is 11.2 Å². The second-order valence-corrected chi connectivity index (χ2v) is 5.82. The van der Waals surface area contributed by atoms with Crippen LogP contribution < -0.4 is 5.43 Å². The average molecular weight is 345 g/mol. The number of benzene rings is 2. The molecule has 0 atom stereocenters. The standard InChI is InChI=1S/C17H17BrN2O/c1-12-3-7-15(8-4-12)13(2)19-20-17(21)11-14-5-9-16(18)10-6-14/h3-10H,11H2,1-2H3,(H,20,21)/b19-13-. The molecule has 0 unspecified atom stereocenters. The lowest BCUT2D eigenvalue weighted by molar-refractivity contribution is -0.120. The molecular weight excluding hydrogens is 328 g/mol. The van der Waals surface area contributed by atoms with E-state index in [2.05, 4.69) is 26.5 Å². The van der Waals surface area contributed by atoms with Gasteiger partial charge in [0, 0.05) is 4.47 Å². The van der Waals surface area contributed by atoms with Gasteiger partial charge in [-0.25, -0.2) is 5.43 Å². The molecule has 0 radical (unpaired) electrons. The molecule has 0 saturated heterocycles. The molecule has 0 bridgehead atoms. The summed E-state index contributed by atoms with van der Waals surface area (Å²) in [6.07, 6.45) is 0.317. The number of carbonyl (C=O) groups excluding carboxylic acids is 1. The number of nitrogens with zero attached hydrogens (tertiary/aromatic N) is 1. The number of aryl methyl sites for hydroxylation is 1. The number of hydrazone groups is 1. The number of halogens is 1. The van der Waals surface area contributed by atoms with Crippen molar-refractivity contribution < 1.29 is 4.79 Å². The molecule has 0 aliphatic rings. The van der Waals surface area contributed by atoms with E-state index < -0.39 is 0 Å². The fourth-order valence-corrected chi connectivity index (χ4v) is 2.10. The normalized spacial score (nSPS) is 11.3. The zero-order valence-electron chi connectivity index (χ0n) is 12.1. The van der Waals surface area contributed by atoms with Gasteiger partial charge < -0.3 is 0 Å². The van der Waals surface area contributed by atoms with Gasteiger partial charge in [0.15, 0.2) is 0 Å². The number of amides is 1. The largest absolute Gasteiger partial charge is 0.273 e. The predicted octanol–water partition coefficient (Wildman–Crippen LogP) is 3.84. The van der Waals surface area contributed by atoms with Gasteiger partial charge in [0.1, 0.15) is 0 Å². The summed E-state index contributed by atoms with van der Waals surface area (Å²) in [4.78, 5) is 11.9. The van der Waals surface area contributed by atoms with Crippen LogP contribution in [0.5, 0.6) is 0 Å². The molecule has 21 heavy (non-hydrogen) atoms. The van der Waals surface area contributed by atoms with Gasteiger partial charge in [-0.2, -0.15) is 5.10 Å². The van der Waals surface area contributed by atoms with Gasteiger partial charge in [0.05, 0.1) is 12.1 Å². The number of hydrogen-bond donors (Lipinski definition) is 1. The van der Waals surface area contributed by atoms with E-state index in [1.54, 1.807) is 0 Å². The maximum absolute atomic E-state index is 11.9. The summed E-state index contributed by atoms with van der Waals surface area (Å²) in [5.74, 6) is -0.121. The van der Waals surface area contributed by atoms with Gasteiger partial charge >= 0.3 is 0 Å². The lowest BCUT2D eigenvalue weighted by Crippen LogP contribution is -2.21. The summed E-state index contributed by atoms with van der Waals surface area (Å²) in [6, 6.07) is 15.7. The van der Waals surface area contributed by atoms with Crippen LogP contribution >= 0.6 is 15.9 Å². The first-order valence-corrected chi connectivity index (χ1v) is 7.48. The lowest BCUT2D eigenvalue weighted by atomic mass is 10.1. The smallest absolute Gasteiger partial charge is 0.244 e. The van der Waals surface area contributed by atoms with Gasteiger partial charge in [-0.1, -0.05) is 57.9 Å². The van der Waals surface area contributed by atoms with E-state index in [0.717, 1.165) is 21.3 Å². The molecule has 0 aliphatic carbocycles. The molecule has 1 amide bonds. The van der Waals surface area contributed by atoms with Crippen molar-refractivity contribution in [3.8, 4) is 0 Å². The topological polar surface area (TPSA) is 41.5 Å². The lowest BCUT2D eigenvalue weighted by Gasteiger charge is -2.04. The highest BCUT2D eigenvalue weighted by Crippen LogP contribution is 2.10. The Morgan fingerprint density at radius 2 is 1.71 bits per heavy atom. The molecule has 3 nitrogen and oxygen atoms in total. The fraction of sp³-hybridized carbons (Fsp3) is 0.176. The van der Waals surface area contributed by atoms with Crippen LogP contribution in [0.3, 0.4) is 0 Å². The summed E-state index contributed by atoms with van der Waals surface area (Å²) in [7, 11) is 0. The van der Waals surface area contributed by atoms with Gasteiger partial charge in [0.2, 0.25) is 5.91 Å². The molecule has 0 aliphatic heterocycles. The monoisotopic (exact) mass is 344 g/mol. The van der Waals surface area contributed by atoms with E-state index in [1.807, 2.05) is 62.4 Å². The third-order valence-electron chi connectivity index (χ3n) is 3.10. The maximum atomic E-state index is 11.9. The van der Waals surface area contributed by atoms with E-state index in [0.29, 0.717) is 6.42 Å². The molecule has 1 N–H and O–H groups in total. The molecule has 2 aromatic carbocycles.